The number of aromatic nitrogens is 3. The van der Waals surface area contributed by atoms with Gasteiger partial charge in [-0.05, 0) is 49.6 Å². The van der Waals surface area contributed by atoms with Crippen molar-refractivity contribution in [2.24, 2.45) is 5.92 Å². The molecule has 27 heavy (non-hydrogen) atoms. The minimum Gasteiger partial charge on any atom is -0.349 e. The topological polar surface area (TPSA) is 67.8 Å². The summed E-state index contributed by atoms with van der Waals surface area (Å²) in [6.45, 7) is 4.16. The maximum atomic E-state index is 13.1. The van der Waals surface area contributed by atoms with Crippen LogP contribution >= 0.6 is 23.1 Å². The molecule has 0 bridgehead atoms. The number of fused-ring (bicyclic) bond motifs is 1. The average molecular weight is 399 g/mol. The van der Waals surface area contributed by atoms with Gasteiger partial charge in [-0.15, -0.1) is 10.2 Å². The lowest BCUT2D eigenvalue weighted by Gasteiger charge is -2.29. The average Bonchev–Trinajstić information content (AvgIpc) is 3.07. The third-order valence-electron chi connectivity index (χ3n) is 5.06. The van der Waals surface area contributed by atoms with Gasteiger partial charge in [-0.3, -0.25) is 4.79 Å². The van der Waals surface area contributed by atoms with Crippen LogP contribution in [0.5, 0.6) is 0 Å². The van der Waals surface area contributed by atoms with Crippen molar-refractivity contribution in [3.63, 3.8) is 0 Å². The standard InChI is InChI=1S/C20H22N4OS2/c1-12-7-3-5-9-16(12)22-19(25)15-11-18(27-20-24-23-13(2)26-20)21-17-10-6-4-8-14(15)17/h4,6,8,10-12,16H,3,5,7,9H2,1-2H3,(H,22,25)/t12-,16-/m1/s1. The van der Waals surface area contributed by atoms with E-state index in [2.05, 4.69) is 22.4 Å². The first-order valence-electron chi connectivity index (χ1n) is 9.29. The van der Waals surface area contributed by atoms with Gasteiger partial charge in [-0.2, -0.15) is 0 Å². The number of pyridine rings is 1. The van der Waals surface area contributed by atoms with Crippen LogP contribution in [0, 0.1) is 12.8 Å². The molecule has 3 aromatic rings. The van der Waals surface area contributed by atoms with Crippen molar-refractivity contribution < 1.29 is 4.79 Å². The molecule has 5 nitrogen and oxygen atoms in total. The van der Waals surface area contributed by atoms with Gasteiger partial charge in [0.15, 0.2) is 4.34 Å². The zero-order valence-corrected chi connectivity index (χ0v) is 17.1. The van der Waals surface area contributed by atoms with E-state index in [-0.39, 0.29) is 11.9 Å². The molecular weight excluding hydrogens is 376 g/mol. The fourth-order valence-electron chi connectivity index (χ4n) is 3.58. The number of amides is 1. The molecule has 1 amide bonds. The molecule has 1 aromatic carbocycles. The van der Waals surface area contributed by atoms with Crippen LogP contribution in [-0.4, -0.2) is 27.1 Å². The first-order valence-corrected chi connectivity index (χ1v) is 10.9. The highest BCUT2D eigenvalue weighted by atomic mass is 32.2. The Kier molecular flexibility index (Phi) is 5.41. The Morgan fingerprint density at radius 3 is 2.81 bits per heavy atom. The normalized spacial score (nSPS) is 19.9. The van der Waals surface area contributed by atoms with Gasteiger partial charge in [0.2, 0.25) is 0 Å². The number of nitrogens with zero attached hydrogens (tertiary/aromatic N) is 3. The fraction of sp³-hybridized carbons (Fsp3) is 0.400. The highest BCUT2D eigenvalue weighted by Crippen LogP contribution is 2.32. The molecule has 4 rings (SSSR count). The van der Waals surface area contributed by atoms with E-state index < -0.39 is 0 Å². The molecular formula is C20H22N4OS2. The van der Waals surface area contributed by atoms with Crippen molar-refractivity contribution in [1.29, 1.82) is 0 Å². The zero-order valence-electron chi connectivity index (χ0n) is 15.4. The Labute approximate surface area is 167 Å². The van der Waals surface area contributed by atoms with Crippen LogP contribution in [0.2, 0.25) is 0 Å². The lowest BCUT2D eigenvalue weighted by atomic mass is 9.86. The molecule has 2 heterocycles. The number of hydrogen-bond acceptors (Lipinski definition) is 6. The molecule has 0 unspecified atom stereocenters. The van der Waals surface area contributed by atoms with Gasteiger partial charge in [-0.25, -0.2) is 4.98 Å². The molecule has 1 saturated carbocycles. The molecule has 1 aliphatic carbocycles. The Balaban J connectivity index is 1.66. The lowest BCUT2D eigenvalue weighted by molar-refractivity contribution is 0.0911. The third-order valence-corrected chi connectivity index (χ3v) is 6.87. The van der Waals surface area contributed by atoms with Crippen LogP contribution in [0.15, 0.2) is 39.7 Å². The van der Waals surface area contributed by atoms with Crippen LogP contribution in [-0.2, 0) is 0 Å². The van der Waals surface area contributed by atoms with E-state index in [4.69, 9.17) is 4.98 Å². The summed E-state index contributed by atoms with van der Waals surface area (Å²) in [5, 5.41) is 14.1. The van der Waals surface area contributed by atoms with Crippen LogP contribution in [0.3, 0.4) is 0 Å². The predicted molar refractivity (Wildman–Crippen MR) is 109 cm³/mol. The number of hydrogen-bond donors (Lipinski definition) is 1. The van der Waals surface area contributed by atoms with Crippen molar-refractivity contribution in [2.75, 3.05) is 0 Å². The molecule has 1 N–H and O–H groups in total. The smallest absolute Gasteiger partial charge is 0.252 e. The van der Waals surface area contributed by atoms with Crippen molar-refractivity contribution in [1.82, 2.24) is 20.5 Å². The number of nitrogens with one attached hydrogen (secondary N) is 1. The van der Waals surface area contributed by atoms with E-state index in [9.17, 15) is 4.79 Å². The maximum Gasteiger partial charge on any atom is 0.252 e. The number of benzene rings is 1. The Morgan fingerprint density at radius 2 is 2.04 bits per heavy atom. The monoisotopic (exact) mass is 398 g/mol. The first-order chi connectivity index (χ1) is 13.1. The number of carbonyl (C=O) groups is 1. The minimum atomic E-state index is -0.0114. The summed E-state index contributed by atoms with van der Waals surface area (Å²) < 4.78 is 0.836. The highest BCUT2D eigenvalue weighted by Gasteiger charge is 2.24. The van der Waals surface area contributed by atoms with E-state index in [1.54, 1.807) is 0 Å². The fourth-order valence-corrected chi connectivity index (χ4v) is 5.36. The SMILES string of the molecule is Cc1nnc(Sc2cc(C(=O)N[C@@H]3CCCC[C@H]3C)c3ccccc3n2)s1. The van der Waals surface area contributed by atoms with Gasteiger partial charge in [0.25, 0.3) is 5.91 Å². The van der Waals surface area contributed by atoms with Gasteiger partial charge < -0.3 is 5.32 Å². The largest absolute Gasteiger partial charge is 0.349 e. The molecule has 0 aliphatic heterocycles. The maximum absolute atomic E-state index is 13.1. The minimum absolute atomic E-state index is 0.0114. The molecule has 2 atom stereocenters. The number of aryl methyl sites for hydroxylation is 1. The van der Waals surface area contributed by atoms with Crippen LogP contribution < -0.4 is 5.32 Å². The van der Waals surface area contributed by atoms with E-state index >= 15 is 0 Å². The second-order valence-corrected chi connectivity index (χ2v) is 9.51. The second-order valence-electron chi connectivity index (χ2n) is 7.06. The number of rotatable bonds is 4. The summed E-state index contributed by atoms with van der Waals surface area (Å²) in [4.78, 5) is 17.8. The van der Waals surface area contributed by atoms with Crippen LogP contribution in [0.1, 0.15) is 48.0 Å². The van der Waals surface area contributed by atoms with Crippen molar-refractivity contribution in [2.45, 2.75) is 54.9 Å². The quantitative estimate of drug-likeness (QED) is 0.680. The van der Waals surface area contributed by atoms with E-state index in [1.165, 1.54) is 42.4 Å². The van der Waals surface area contributed by atoms with Crippen molar-refractivity contribution in [3.05, 3.63) is 40.9 Å². The second kappa shape index (κ2) is 7.94. The van der Waals surface area contributed by atoms with Crippen LogP contribution in [0.25, 0.3) is 10.9 Å². The zero-order chi connectivity index (χ0) is 18.8. The summed E-state index contributed by atoms with van der Waals surface area (Å²) in [5.41, 5.74) is 1.51. The predicted octanol–water partition coefficient (Wildman–Crippen LogP) is 4.85. The van der Waals surface area contributed by atoms with E-state index in [0.29, 0.717) is 11.5 Å². The summed E-state index contributed by atoms with van der Waals surface area (Å²) in [7, 11) is 0. The molecule has 7 heteroatoms. The summed E-state index contributed by atoms with van der Waals surface area (Å²) in [5.74, 6) is 0.511. The van der Waals surface area contributed by atoms with Crippen molar-refractivity contribution in [3.8, 4) is 0 Å². The van der Waals surface area contributed by atoms with Gasteiger partial charge in [-0.1, -0.05) is 49.3 Å². The molecule has 1 aliphatic rings. The molecule has 140 valence electrons. The molecule has 2 aromatic heterocycles. The summed E-state index contributed by atoms with van der Waals surface area (Å²) in [6.07, 6.45) is 4.68. The third kappa shape index (κ3) is 4.14. The Bertz CT molecular complexity index is 972. The Hall–Kier alpha value is -1.99. The Morgan fingerprint density at radius 1 is 1.22 bits per heavy atom. The first kappa shape index (κ1) is 18.4. The molecule has 0 spiro atoms. The van der Waals surface area contributed by atoms with Gasteiger partial charge in [0.05, 0.1) is 11.1 Å². The van der Waals surface area contributed by atoms with E-state index in [1.807, 2.05) is 37.3 Å². The van der Waals surface area contributed by atoms with Crippen molar-refractivity contribution >= 4 is 39.9 Å². The number of para-hydroxylation sites is 1. The van der Waals surface area contributed by atoms with Gasteiger partial charge >= 0.3 is 0 Å². The van der Waals surface area contributed by atoms with Gasteiger partial charge in [0, 0.05) is 11.4 Å². The molecule has 1 fully saturated rings. The number of carbonyl (C=O) groups excluding carboxylic acids is 1. The summed E-state index contributed by atoms with van der Waals surface area (Å²) in [6, 6.07) is 9.94. The highest BCUT2D eigenvalue weighted by molar-refractivity contribution is 8.01. The van der Waals surface area contributed by atoms with Crippen LogP contribution in [0.4, 0.5) is 0 Å². The molecule has 0 saturated heterocycles. The summed E-state index contributed by atoms with van der Waals surface area (Å²) >= 11 is 2.99. The van der Waals surface area contributed by atoms with Gasteiger partial charge in [0.1, 0.15) is 10.0 Å². The van der Waals surface area contributed by atoms with E-state index in [0.717, 1.165) is 31.7 Å². The lowest BCUT2D eigenvalue weighted by Crippen LogP contribution is -2.41. The molecule has 0 radical (unpaired) electrons.